The van der Waals surface area contributed by atoms with Crippen LogP contribution in [0.15, 0.2) is 23.2 Å². The Morgan fingerprint density at radius 2 is 1.71 bits per heavy atom. The highest BCUT2D eigenvalue weighted by atomic mass is 32.2. The Kier molecular flexibility index (Phi) is 8.90. The molecule has 9 rings (SSSR count). The molecule has 0 amide bonds. The van der Waals surface area contributed by atoms with Crippen molar-refractivity contribution in [3.05, 3.63) is 29.3 Å². The summed E-state index contributed by atoms with van der Waals surface area (Å²) in [5.74, 6) is -0.793. The fraction of sp³-hybridized carbons (Fsp3) is 0.763. The molecule has 2 bridgehead atoms. The first-order valence-electron chi connectivity index (χ1n) is 19.0. The van der Waals surface area contributed by atoms with Crippen molar-refractivity contribution in [2.24, 2.45) is 45.1 Å². The van der Waals surface area contributed by atoms with E-state index in [1.54, 1.807) is 12.1 Å². The lowest BCUT2D eigenvalue weighted by Crippen LogP contribution is -2.70. The zero-order valence-corrected chi connectivity index (χ0v) is 31.4. The Labute approximate surface area is 305 Å². The number of nitrogens with zero attached hydrogens (tertiary/aromatic N) is 1. The first kappa shape index (κ1) is 36.4. The molecule has 7 fully saturated rings. The van der Waals surface area contributed by atoms with Crippen molar-refractivity contribution in [1.82, 2.24) is 0 Å². The van der Waals surface area contributed by atoms with Crippen LogP contribution in [0, 0.1) is 35.0 Å². The van der Waals surface area contributed by atoms with E-state index in [0.29, 0.717) is 18.8 Å². The molecule has 0 aromatic heterocycles. The van der Waals surface area contributed by atoms with Gasteiger partial charge in [-0.15, -0.1) is 0 Å². The van der Waals surface area contributed by atoms with Crippen LogP contribution in [0.2, 0.25) is 0 Å². The Morgan fingerprint density at radius 1 is 0.942 bits per heavy atom. The lowest BCUT2D eigenvalue weighted by molar-refractivity contribution is -0.576. The van der Waals surface area contributed by atoms with Gasteiger partial charge in [-0.1, -0.05) is 26.8 Å². The molecule has 13 nitrogen and oxygen atoms in total. The molecule has 1 aromatic carbocycles. The topological polar surface area (TPSA) is 171 Å². The fourth-order valence-electron chi connectivity index (χ4n) is 11.9. The molecule has 4 aliphatic heterocycles. The molecule has 0 radical (unpaired) electrons. The summed E-state index contributed by atoms with van der Waals surface area (Å²) in [4.78, 5) is 43.5. The van der Waals surface area contributed by atoms with Gasteiger partial charge < -0.3 is 23.1 Å². The van der Waals surface area contributed by atoms with Gasteiger partial charge in [-0.2, -0.15) is 13.6 Å². The maximum absolute atomic E-state index is 13.3. The molecule has 13 atom stereocenters. The van der Waals surface area contributed by atoms with Crippen molar-refractivity contribution in [2.45, 2.75) is 146 Å². The van der Waals surface area contributed by atoms with Crippen LogP contribution in [-0.2, 0) is 55.0 Å². The number of fused-ring (bicyclic) bond motifs is 7. The fourth-order valence-corrected chi connectivity index (χ4v) is 12.2. The van der Waals surface area contributed by atoms with Crippen LogP contribution in [0.25, 0.3) is 0 Å². The molecule has 286 valence electrons. The molecule has 4 aliphatic carbocycles. The average Bonchev–Trinajstić information content (AvgIpc) is 3.19. The van der Waals surface area contributed by atoms with Crippen molar-refractivity contribution in [1.29, 1.82) is 0 Å². The standard InChI is InChI=1S/C38H52N2O11S/c1-21-6-10-28-22(2)33(47-34-38(28)27(21)15-18-36(4,48-34)50-51-38)46-32(42)13-12-31(41)45-30-16-19-37(40-5)29-11-7-23-20-24(49-52(39,43)44)8-9-25(23)26(29)14-17-35(30,37)3/h8-9,20-22,26-30,33-34H,5-7,10-19H2,1-4H3,(H2,39,43,44)/t21-,22-,26-,27+,28+,29+,30+,33-,34-,35-,36-,37-,38-/m1/s1. The number of rotatable bonds is 8. The van der Waals surface area contributed by atoms with Crippen LogP contribution in [0.5, 0.6) is 5.75 Å². The predicted molar refractivity (Wildman–Crippen MR) is 186 cm³/mol. The first-order chi connectivity index (χ1) is 24.6. The van der Waals surface area contributed by atoms with Gasteiger partial charge in [-0.25, -0.2) is 9.78 Å². The number of aryl methyl sites for hydroxylation is 1. The summed E-state index contributed by atoms with van der Waals surface area (Å²) in [5.41, 5.74) is 0.562. The largest absolute Gasteiger partial charge is 0.462 e. The normalized spacial score (nSPS) is 44.6. The van der Waals surface area contributed by atoms with E-state index in [4.69, 9.17) is 43.0 Å². The molecule has 4 heterocycles. The Hall–Kier alpha value is -2.62. The molecule has 8 aliphatic rings. The summed E-state index contributed by atoms with van der Waals surface area (Å²) in [6.45, 7) is 12.4. The summed E-state index contributed by atoms with van der Waals surface area (Å²) in [6.07, 6.45) is 5.99. The number of carbonyl (C=O) groups is 2. The number of aliphatic imine (C=N–C) groups is 1. The van der Waals surface area contributed by atoms with Gasteiger partial charge in [0.25, 0.3) is 0 Å². The highest BCUT2D eigenvalue weighted by Gasteiger charge is 2.70. The molecular weight excluding hydrogens is 692 g/mol. The third kappa shape index (κ3) is 5.64. The predicted octanol–water partition coefficient (Wildman–Crippen LogP) is 5.39. The molecule has 14 heteroatoms. The van der Waals surface area contributed by atoms with Gasteiger partial charge in [0, 0.05) is 23.7 Å². The smallest absolute Gasteiger partial charge is 0.380 e. The van der Waals surface area contributed by atoms with Crippen molar-refractivity contribution < 1.29 is 50.9 Å². The van der Waals surface area contributed by atoms with Crippen molar-refractivity contribution in [3.8, 4) is 5.75 Å². The summed E-state index contributed by atoms with van der Waals surface area (Å²) in [7, 11) is -4.12. The molecule has 52 heavy (non-hydrogen) atoms. The first-order valence-corrected chi connectivity index (χ1v) is 20.5. The number of nitrogens with two attached hydrogens (primary N) is 1. The number of carbonyl (C=O) groups excluding carboxylic acids is 2. The van der Waals surface area contributed by atoms with E-state index < -0.39 is 57.2 Å². The number of hydrogen-bond acceptors (Lipinski definition) is 12. The molecule has 1 spiro atoms. The number of esters is 2. The van der Waals surface area contributed by atoms with Gasteiger partial charge in [-0.05, 0) is 118 Å². The Morgan fingerprint density at radius 3 is 2.46 bits per heavy atom. The number of ether oxygens (including phenoxy) is 4. The quantitative estimate of drug-likeness (QED) is 0.206. The second-order valence-electron chi connectivity index (χ2n) is 17.0. The van der Waals surface area contributed by atoms with Gasteiger partial charge in [0.05, 0.1) is 18.4 Å². The molecule has 4 saturated heterocycles. The summed E-state index contributed by atoms with van der Waals surface area (Å²) in [6, 6.07) is 5.36. The average molecular weight is 745 g/mol. The monoisotopic (exact) mass is 744 g/mol. The molecule has 1 aromatic rings. The second kappa shape index (κ2) is 12.7. The van der Waals surface area contributed by atoms with Crippen molar-refractivity contribution in [2.75, 3.05) is 0 Å². The SMILES string of the molecule is C=N[C@@]12CC[C@H](OC(=O)CCC(=O)O[C@@H]3O[C@@H]4O[C@@]5(C)CC[C@H]6[C@H](C)CC[C@@H]([C@H]3C)[C@@]46OO5)[C@@]1(C)CC[C@@H]1c3ccc(OS(N)(=O)=O)cc3CC[C@@H]12. The Bertz CT molecular complexity index is 1740. The maximum Gasteiger partial charge on any atom is 0.380 e. The van der Waals surface area contributed by atoms with Crippen LogP contribution in [0.4, 0.5) is 0 Å². The van der Waals surface area contributed by atoms with Crippen molar-refractivity contribution >= 4 is 29.0 Å². The van der Waals surface area contributed by atoms with Crippen LogP contribution in [-0.4, -0.2) is 62.7 Å². The van der Waals surface area contributed by atoms with E-state index in [2.05, 4.69) is 20.6 Å². The number of hydrogen-bond donors (Lipinski definition) is 1. The second-order valence-corrected chi connectivity index (χ2v) is 18.2. The minimum Gasteiger partial charge on any atom is -0.462 e. The van der Waals surface area contributed by atoms with Crippen LogP contribution in [0.1, 0.15) is 115 Å². The molecule has 3 saturated carbocycles. The molecule has 0 unspecified atom stereocenters. The van der Waals surface area contributed by atoms with E-state index in [1.165, 1.54) is 5.56 Å². The van der Waals surface area contributed by atoms with Gasteiger partial charge in [0.2, 0.25) is 12.1 Å². The van der Waals surface area contributed by atoms with Gasteiger partial charge in [0.1, 0.15) is 11.9 Å². The highest BCUT2D eigenvalue weighted by molar-refractivity contribution is 7.84. The highest BCUT2D eigenvalue weighted by Crippen LogP contribution is 2.66. The summed E-state index contributed by atoms with van der Waals surface area (Å²) >= 11 is 0. The van der Waals surface area contributed by atoms with Gasteiger partial charge in [0.15, 0.2) is 11.9 Å². The minimum atomic E-state index is -4.12. The van der Waals surface area contributed by atoms with E-state index >= 15 is 0 Å². The summed E-state index contributed by atoms with van der Waals surface area (Å²) in [5, 5.41) is 5.09. The van der Waals surface area contributed by atoms with E-state index in [9.17, 15) is 18.0 Å². The van der Waals surface area contributed by atoms with Crippen molar-refractivity contribution in [3.63, 3.8) is 0 Å². The zero-order valence-electron chi connectivity index (χ0n) is 30.5. The summed E-state index contributed by atoms with van der Waals surface area (Å²) < 4.78 is 52.8. The molecule has 2 N–H and O–H groups in total. The van der Waals surface area contributed by atoms with Crippen LogP contribution >= 0.6 is 0 Å². The third-order valence-corrected chi connectivity index (χ3v) is 14.9. The lowest BCUT2D eigenvalue weighted by Gasteiger charge is -2.59. The van der Waals surface area contributed by atoms with Crippen LogP contribution < -0.4 is 9.32 Å². The van der Waals surface area contributed by atoms with E-state index in [0.717, 1.165) is 56.9 Å². The Balaban J connectivity index is 0.896. The van der Waals surface area contributed by atoms with E-state index in [-0.39, 0.29) is 54.3 Å². The van der Waals surface area contributed by atoms with Gasteiger partial charge in [-0.3, -0.25) is 14.6 Å². The maximum atomic E-state index is 13.3. The zero-order chi connectivity index (χ0) is 36.8. The van der Waals surface area contributed by atoms with Gasteiger partial charge >= 0.3 is 22.2 Å². The lowest BCUT2D eigenvalue weighted by atomic mass is 9.51. The minimum absolute atomic E-state index is 0.0221. The third-order valence-electron chi connectivity index (χ3n) is 14.4. The van der Waals surface area contributed by atoms with Crippen LogP contribution in [0.3, 0.4) is 0 Å². The molecular formula is C38H52N2O11S. The van der Waals surface area contributed by atoms with E-state index in [1.807, 2.05) is 19.9 Å². The number of benzene rings is 1.